The van der Waals surface area contributed by atoms with Crippen LogP contribution in [-0.4, -0.2) is 19.3 Å². The van der Waals surface area contributed by atoms with Gasteiger partial charge in [-0.2, -0.15) is 5.10 Å². The van der Waals surface area contributed by atoms with Crippen molar-refractivity contribution in [3.63, 3.8) is 0 Å². The fourth-order valence-electron chi connectivity index (χ4n) is 2.32. The van der Waals surface area contributed by atoms with Gasteiger partial charge in [0.2, 0.25) is 0 Å². The maximum absolute atomic E-state index is 5.48. The first-order valence-electron chi connectivity index (χ1n) is 6.05. The summed E-state index contributed by atoms with van der Waals surface area (Å²) in [5.41, 5.74) is 4.19. The summed E-state index contributed by atoms with van der Waals surface area (Å²) in [6, 6.07) is 8.20. The number of aryl methyl sites for hydroxylation is 2. The Kier molecular flexibility index (Phi) is 3.22. The normalized spacial score (nSPS) is 11.3. The number of nitrogens with zero attached hydrogens (tertiary/aromatic N) is 3. The summed E-state index contributed by atoms with van der Waals surface area (Å²) in [5, 5.41) is 4.54. The van der Waals surface area contributed by atoms with E-state index in [1.54, 1.807) is 0 Å². The SMILES string of the molecule is CCc1nn(C)c2c1[nH]c(=S)n2-c1ccccc1I. The molecule has 0 bridgehead atoms. The van der Waals surface area contributed by atoms with E-state index >= 15 is 0 Å². The minimum atomic E-state index is 0.710. The van der Waals surface area contributed by atoms with Gasteiger partial charge < -0.3 is 4.98 Å². The highest BCUT2D eigenvalue weighted by atomic mass is 127. The highest BCUT2D eigenvalue weighted by molar-refractivity contribution is 14.1. The lowest BCUT2D eigenvalue weighted by Crippen LogP contribution is -2.02. The van der Waals surface area contributed by atoms with E-state index in [2.05, 4.69) is 56.3 Å². The highest BCUT2D eigenvalue weighted by Gasteiger charge is 2.16. The predicted octanol–water partition coefficient (Wildman–Crippen LogP) is 3.59. The van der Waals surface area contributed by atoms with Gasteiger partial charge in [0, 0.05) is 10.6 Å². The number of benzene rings is 1. The largest absolute Gasteiger partial charge is 0.327 e. The highest BCUT2D eigenvalue weighted by Crippen LogP contribution is 2.25. The van der Waals surface area contributed by atoms with Gasteiger partial charge in [0.25, 0.3) is 0 Å². The summed E-state index contributed by atoms with van der Waals surface area (Å²) in [4.78, 5) is 3.28. The zero-order valence-electron chi connectivity index (χ0n) is 10.6. The molecule has 3 aromatic rings. The van der Waals surface area contributed by atoms with Crippen molar-refractivity contribution in [1.29, 1.82) is 0 Å². The van der Waals surface area contributed by atoms with Crippen LogP contribution in [0.4, 0.5) is 0 Å². The van der Waals surface area contributed by atoms with E-state index in [1.807, 2.05) is 23.9 Å². The Morgan fingerprint density at radius 1 is 1.37 bits per heavy atom. The Balaban J connectivity index is 2.42. The number of H-pyrrole nitrogens is 1. The Morgan fingerprint density at radius 3 is 2.79 bits per heavy atom. The zero-order chi connectivity index (χ0) is 13.6. The molecular weight excluding hydrogens is 371 g/mol. The van der Waals surface area contributed by atoms with Gasteiger partial charge in [0.1, 0.15) is 5.52 Å². The standard InChI is InChI=1S/C13H13IN4S/c1-3-9-11-12(17(2)16-9)18(13(19)15-11)10-7-5-4-6-8(10)14/h4-7H,3H2,1-2H3,(H,15,19). The molecule has 0 fully saturated rings. The van der Waals surface area contributed by atoms with Crippen LogP contribution in [0.15, 0.2) is 24.3 Å². The maximum Gasteiger partial charge on any atom is 0.184 e. The van der Waals surface area contributed by atoms with Crippen LogP contribution in [0.2, 0.25) is 0 Å². The number of imidazole rings is 1. The molecule has 6 heteroatoms. The quantitative estimate of drug-likeness (QED) is 0.542. The van der Waals surface area contributed by atoms with Gasteiger partial charge in [-0.1, -0.05) is 19.1 Å². The molecular formula is C13H13IN4S. The number of nitrogens with one attached hydrogen (secondary N) is 1. The second kappa shape index (κ2) is 4.75. The molecule has 0 aliphatic carbocycles. The molecule has 4 nitrogen and oxygen atoms in total. The lowest BCUT2D eigenvalue weighted by molar-refractivity contribution is 0.748. The van der Waals surface area contributed by atoms with Gasteiger partial charge in [0.05, 0.1) is 11.4 Å². The first-order chi connectivity index (χ1) is 9.13. The third-order valence-electron chi connectivity index (χ3n) is 3.16. The molecule has 0 radical (unpaired) electrons. The Hall–Kier alpha value is -1.15. The van der Waals surface area contributed by atoms with Crippen molar-refractivity contribution in [3.05, 3.63) is 38.3 Å². The summed E-state index contributed by atoms with van der Waals surface area (Å²) in [6.07, 6.45) is 0.887. The van der Waals surface area contributed by atoms with Crippen LogP contribution < -0.4 is 0 Å². The monoisotopic (exact) mass is 384 g/mol. The predicted molar refractivity (Wildman–Crippen MR) is 87.3 cm³/mol. The number of aromatic amines is 1. The number of rotatable bonds is 2. The fourth-order valence-corrected chi connectivity index (χ4v) is 3.23. The van der Waals surface area contributed by atoms with Gasteiger partial charge in [-0.25, -0.2) is 4.68 Å². The molecule has 98 valence electrons. The number of hydrogen-bond acceptors (Lipinski definition) is 2. The van der Waals surface area contributed by atoms with Gasteiger partial charge in [0.15, 0.2) is 10.4 Å². The number of fused-ring (bicyclic) bond motifs is 1. The molecule has 0 atom stereocenters. The topological polar surface area (TPSA) is 38.5 Å². The van der Waals surface area contributed by atoms with Crippen LogP contribution in [0.3, 0.4) is 0 Å². The van der Waals surface area contributed by atoms with Crippen molar-refractivity contribution in [3.8, 4) is 5.69 Å². The lowest BCUT2D eigenvalue weighted by atomic mass is 10.3. The minimum absolute atomic E-state index is 0.710. The number of aromatic nitrogens is 4. The molecule has 0 spiro atoms. The second-order valence-electron chi connectivity index (χ2n) is 4.34. The Morgan fingerprint density at radius 2 is 2.11 bits per heavy atom. The van der Waals surface area contributed by atoms with Crippen LogP contribution in [0.1, 0.15) is 12.6 Å². The summed E-state index contributed by atoms with van der Waals surface area (Å²) < 4.78 is 5.82. The minimum Gasteiger partial charge on any atom is -0.327 e. The molecule has 0 amide bonds. The van der Waals surface area contributed by atoms with Crippen LogP contribution >= 0.6 is 34.8 Å². The van der Waals surface area contributed by atoms with E-state index in [0.29, 0.717) is 4.77 Å². The molecule has 0 aliphatic heterocycles. The van der Waals surface area contributed by atoms with Crippen molar-refractivity contribution in [2.45, 2.75) is 13.3 Å². The van der Waals surface area contributed by atoms with E-state index in [4.69, 9.17) is 12.2 Å². The van der Waals surface area contributed by atoms with Gasteiger partial charge in [-0.15, -0.1) is 0 Å². The first kappa shape index (κ1) is 12.9. The number of halogens is 1. The molecule has 1 N–H and O–H groups in total. The van der Waals surface area contributed by atoms with Crippen LogP contribution in [0.5, 0.6) is 0 Å². The molecule has 2 aromatic heterocycles. The van der Waals surface area contributed by atoms with Gasteiger partial charge in [-0.3, -0.25) is 4.57 Å². The smallest absolute Gasteiger partial charge is 0.184 e. The van der Waals surface area contributed by atoms with E-state index in [0.717, 1.165) is 32.5 Å². The van der Waals surface area contributed by atoms with Crippen LogP contribution in [0, 0.1) is 8.34 Å². The number of para-hydroxylation sites is 1. The fraction of sp³-hybridized carbons (Fsp3) is 0.231. The molecule has 0 unspecified atom stereocenters. The summed E-state index contributed by atoms with van der Waals surface area (Å²) >= 11 is 7.81. The molecule has 0 saturated carbocycles. The van der Waals surface area contributed by atoms with Gasteiger partial charge in [-0.05, 0) is 53.4 Å². The molecule has 0 aliphatic rings. The summed E-state index contributed by atoms with van der Waals surface area (Å²) in [6.45, 7) is 2.10. The first-order valence-corrected chi connectivity index (χ1v) is 7.53. The van der Waals surface area contributed by atoms with E-state index in [-0.39, 0.29) is 0 Å². The number of hydrogen-bond donors (Lipinski definition) is 1. The van der Waals surface area contributed by atoms with E-state index in [1.165, 1.54) is 0 Å². The summed E-state index contributed by atoms with van der Waals surface area (Å²) in [7, 11) is 1.95. The van der Waals surface area contributed by atoms with Crippen molar-refractivity contribution in [2.75, 3.05) is 0 Å². The van der Waals surface area contributed by atoms with E-state index < -0.39 is 0 Å². The summed E-state index contributed by atoms with van der Waals surface area (Å²) in [5.74, 6) is 0. The zero-order valence-corrected chi connectivity index (χ0v) is 13.6. The third-order valence-corrected chi connectivity index (χ3v) is 4.36. The van der Waals surface area contributed by atoms with E-state index in [9.17, 15) is 0 Å². The van der Waals surface area contributed by atoms with Crippen molar-refractivity contribution in [1.82, 2.24) is 19.3 Å². The van der Waals surface area contributed by atoms with Crippen molar-refractivity contribution in [2.24, 2.45) is 7.05 Å². The average molecular weight is 384 g/mol. The van der Waals surface area contributed by atoms with Crippen molar-refractivity contribution < 1.29 is 0 Å². The Labute approximate surface area is 129 Å². The van der Waals surface area contributed by atoms with Crippen LogP contribution in [-0.2, 0) is 13.5 Å². The molecule has 0 saturated heterocycles. The average Bonchev–Trinajstić information content (AvgIpc) is 2.88. The third kappa shape index (κ3) is 1.93. The maximum atomic E-state index is 5.48. The molecule has 2 heterocycles. The molecule has 19 heavy (non-hydrogen) atoms. The molecule has 1 aromatic carbocycles. The second-order valence-corrected chi connectivity index (χ2v) is 5.89. The Bertz CT molecular complexity index is 812. The molecule has 3 rings (SSSR count). The lowest BCUT2D eigenvalue weighted by Gasteiger charge is -2.06. The van der Waals surface area contributed by atoms with Crippen molar-refractivity contribution >= 4 is 46.0 Å². The van der Waals surface area contributed by atoms with Gasteiger partial charge >= 0.3 is 0 Å². The van der Waals surface area contributed by atoms with Crippen LogP contribution in [0.25, 0.3) is 16.9 Å².